The molecule has 8 nitrogen and oxygen atoms in total. The van der Waals surface area contributed by atoms with Gasteiger partial charge >= 0.3 is 5.69 Å². The highest BCUT2D eigenvalue weighted by atomic mass is 16.2. The standard InChI is InChI=1S/C24H24N6O2/c1-17-6-8-18(9-7-17)14-26-21(31)16-30-24(32)29-13-11-25-22(23(29)27-30)28-12-10-19-4-2-3-5-20(19)15-28/h2-9,11,13H,10,12,14-16H2,1H3,(H,26,31). The van der Waals surface area contributed by atoms with Crippen LogP contribution >= 0.6 is 0 Å². The largest absolute Gasteiger partial charge is 0.350 e. The van der Waals surface area contributed by atoms with Crippen LogP contribution in [0.4, 0.5) is 5.82 Å². The van der Waals surface area contributed by atoms with Gasteiger partial charge in [0, 0.05) is 32.0 Å². The van der Waals surface area contributed by atoms with Crippen molar-refractivity contribution in [1.29, 1.82) is 0 Å². The van der Waals surface area contributed by atoms with E-state index in [0.29, 0.717) is 24.6 Å². The fraction of sp³-hybridized carbons (Fsp3) is 0.250. The van der Waals surface area contributed by atoms with Crippen molar-refractivity contribution < 1.29 is 4.79 Å². The molecule has 32 heavy (non-hydrogen) atoms. The number of hydrogen-bond acceptors (Lipinski definition) is 5. The Morgan fingerprint density at radius 1 is 1.09 bits per heavy atom. The van der Waals surface area contributed by atoms with Crippen LogP contribution < -0.4 is 15.9 Å². The van der Waals surface area contributed by atoms with E-state index in [2.05, 4.69) is 38.5 Å². The molecule has 4 aromatic rings. The van der Waals surface area contributed by atoms with Gasteiger partial charge in [0.2, 0.25) is 11.6 Å². The summed E-state index contributed by atoms with van der Waals surface area (Å²) in [7, 11) is 0. The molecule has 5 rings (SSSR count). The molecule has 0 atom stereocenters. The molecule has 162 valence electrons. The van der Waals surface area contributed by atoms with E-state index in [-0.39, 0.29) is 18.1 Å². The minimum absolute atomic E-state index is 0.144. The Morgan fingerprint density at radius 3 is 2.69 bits per heavy atom. The third-order valence-electron chi connectivity index (χ3n) is 5.82. The van der Waals surface area contributed by atoms with Gasteiger partial charge in [-0.3, -0.25) is 4.79 Å². The first-order chi connectivity index (χ1) is 15.6. The number of nitrogens with one attached hydrogen (secondary N) is 1. The number of aromatic nitrogens is 4. The second-order valence-electron chi connectivity index (χ2n) is 8.09. The van der Waals surface area contributed by atoms with E-state index in [9.17, 15) is 9.59 Å². The molecule has 0 saturated carbocycles. The van der Waals surface area contributed by atoms with Crippen LogP contribution in [-0.2, 0) is 30.8 Å². The van der Waals surface area contributed by atoms with Crippen LogP contribution in [0.5, 0.6) is 0 Å². The first kappa shape index (κ1) is 20.0. The van der Waals surface area contributed by atoms with Gasteiger partial charge < -0.3 is 10.2 Å². The van der Waals surface area contributed by atoms with Gasteiger partial charge in [-0.15, -0.1) is 5.10 Å². The van der Waals surface area contributed by atoms with Crippen molar-refractivity contribution in [3.05, 3.63) is 93.7 Å². The Hall–Kier alpha value is -3.94. The molecule has 1 amide bonds. The Morgan fingerprint density at radius 2 is 1.88 bits per heavy atom. The van der Waals surface area contributed by atoms with E-state index < -0.39 is 0 Å². The van der Waals surface area contributed by atoms with E-state index in [1.807, 2.05) is 37.3 Å². The number of fused-ring (bicyclic) bond motifs is 2. The van der Waals surface area contributed by atoms with Crippen LogP contribution in [0.15, 0.2) is 65.7 Å². The molecular formula is C24H24N6O2. The molecule has 0 aliphatic carbocycles. The molecule has 1 aliphatic heterocycles. The van der Waals surface area contributed by atoms with Crippen molar-refractivity contribution in [2.45, 2.75) is 33.0 Å². The molecule has 0 saturated heterocycles. The maximum absolute atomic E-state index is 12.8. The van der Waals surface area contributed by atoms with Gasteiger partial charge in [-0.05, 0) is 30.0 Å². The summed E-state index contributed by atoms with van der Waals surface area (Å²) >= 11 is 0. The Bertz CT molecular complexity index is 1340. The molecule has 0 bridgehead atoms. The van der Waals surface area contributed by atoms with Crippen LogP contribution in [-0.4, -0.2) is 31.6 Å². The molecule has 8 heteroatoms. The average Bonchev–Trinajstić information content (AvgIpc) is 3.13. The van der Waals surface area contributed by atoms with Crippen molar-refractivity contribution >= 4 is 17.4 Å². The monoisotopic (exact) mass is 428 g/mol. The van der Waals surface area contributed by atoms with Gasteiger partial charge in [-0.2, -0.15) is 0 Å². The molecule has 0 radical (unpaired) electrons. The van der Waals surface area contributed by atoms with Crippen molar-refractivity contribution in [1.82, 2.24) is 24.5 Å². The van der Waals surface area contributed by atoms with Crippen molar-refractivity contribution in [2.24, 2.45) is 0 Å². The lowest BCUT2D eigenvalue weighted by Gasteiger charge is -2.29. The van der Waals surface area contributed by atoms with Crippen LogP contribution in [0.2, 0.25) is 0 Å². The predicted octanol–water partition coefficient (Wildman–Crippen LogP) is 2.08. The number of anilines is 1. The van der Waals surface area contributed by atoms with Gasteiger partial charge in [-0.25, -0.2) is 18.9 Å². The van der Waals surface area contributed by atoms with E-state index in [4.69, 9.17) is 0 Å². The highest BCUT2D eigenvalue weighted by Crippen LogP contribution is 2.24. The van der Waals surface area contributed by atoms with Gasteiger partial charge in [0.1, 0.15) is 6.54 Å². The van der Waals surface area contributed by atoms with Crippen LogP contribution in [0, 0.1) is 6.92 Å². The normalized spacial score (nSPS) is 13.2. The second kappa shape index (κ2) is 8.30. The van der Waals surface area contributed by atoms with Gasteiger partial charge in [-0.1, -0.05) is 54.1 Å². The zero-order valence-corrected chi connectivity index (χ0v) is 17.9. The maximum Gasteiger partial charge on any atom is 0.350 e. The van der Waals surface area contributed by atoms with E-state index in [0.717, 1.165) is 24.1 Å². The predicted molar refractivity (Wildman–Crippen MR) is 121 cm³/mol. The van der Waals surface area contributed by atoms with Crippen LogP contribution in [0.25, 0.3) is 5.65 Å². The minimum atomic E-state index is -0.355. The summed E-state index contributed by atoms with van der Waals surface area (Å²) in [5, 5.41) is 7.31. The summed E-state index contributed by atoms with van der Waals surface area (Å²) in [4.78, 5) is 31.9. The molecule has 1 N–H and O–H groups in total. The Kier molecular flexibility index (Phi) is 5.18. The van der Waals surface area contributed by atoms with Crippen molar-refractivity contribution in [2.75, 3.05) is 11.4 Å². The molecule has 0 unspecified atom stereocenters. The van der Waals surface area contributed by atoms with Crippen molar-refractivity contribution in [3.63, 3.8) is 0 Å². The van der Waals surface area contributed by atoms with Crippen molar-refractivity contribution in [3.8, 4) is 0 Å². The Labute approximate surface area is 185 Å². The van der Waals surface area contributed by atoms with Gasteiger partial charge in [0.15, 0.2) is 5.82 Å². The zero-order chi connectivity index (χ0) is 22.1. The van der Waals surface area contributed by atoms with Crippen LogP contribution in [0.1, 0.15) is 22.3 Å². The summed E-state index contributed by atoms with van der Waals surface area (Å²) in [6.45, 7) is 3.78. The summed E-state index contributed by atoms with van der Waals surface area (Å²) in [5.41, 5.74) is 4.86. The highest BCUT2D eigenvalue weighted by molar-refractivity contribution is 5.75. The highest BCUT2D eigenvalue weighted by Gasteiger charge is 2.22. The third-order valence-corrected chi connectivity index (χ3v) is 5.82. The van der Waals surface area contributed by atoms with Gasteiger partial charge in [0.25, 0.3) is 0 Å². The SMILES string of the molecule is Cc1ccc(CNC(=O)Cn2nc3c(N4CCc5ccccc5C4)nccn3c2=O)cc1. The third kappa shape index (κ3) is 3.87. The summed E-state index contributed by atoms with van der Waals surface area (Å²) in [6, 6.07) is 16.3. The molecule has 3 heterocycles. The van der Waals surface area contributed by atoms with E-state index in [1.165, 1.54) is 20.2 Å². The lowest BCUT2D eigenvalue weighted by molar-refractivity contribution is -0.122. The van der Waals surface area contributed by atoms with E-state index in [1.54, 1.807) is 12.4 Å². The number of rotatable bonds is 5. The zero-order valence-electron chi connectivity index (χ0n) is 17.9. The lowest BCUT2D eigenvalue weighted by Crippen LogP contribution is -2.32. The quantitative estimate of drug-likeness (QED) is 0.526. The number of nitrogens with zero attached hydrogens (tertiary/aromatic N) is 5. The maximum atomic E-state index is 12.8. The molecule has 2 aromatic carbocycles. The number of hydrogen-bond donors (Lipinski definition) is 1. The number of benzene rings is 2. The number of amides is 1. The minimum Gasteiger partial charge on any atom is -0.350 e. The fourth-order valence-electron chi connectivity index (χ4n) is 4.04. The number of carbonyl (C=O) groups is 1. The first-order valence-electron chi connectivity index (χ1n) is 10.7. The van der Waals surface area contributed by atoms with E-state index >= 15 is 0 Å². The number of aryl methyl sites for hydroxylation is 1. The summed E-state index contributed by atoms with van der Waals surface area (Å²) in [6.07, 6.45) is 4.10. The first-order valence-corrected chi connectivity index (χ1v) is 10.7. The van der Waals surface area contributed by atoms with Gasteiger partial charge in [0.05, 0.1) is 0 Å². The fourth-order valence-corrected chi connectivity index (χ4v) is 4.04. The second-order valence-corrected chi connectivity index (χ2v) is 8.09. The molecule has 0 spiro atoms. The summed E-state index contributed by atoms with van der Waals surface area (Å²) in [5.74, 6) is 0.385. The molecule has 1 aliphatic rings. The molecular weight excluding hydrogens is 404 g/mol. The Balaban J connectivity index is 1.35. The molecule has 2 aromatic heterocycles. The molecule has 0 fully saturated rings. The average molecular weight is 428 g/mol. The lowest BCUT2D eigenvalue weighted by atomic mass is 10.00. The number of carbonyl (C=O) groups excluding carboxylic acids is 1. The van der Waals surface area contributed by atoms with Crippen LogP contribution in [0.3, 0.4) is 0 Å². The smallest absolute Gasteiger partial charge is 0.350 e. The topological polar surface area (TPSA) is 84.5 Å². The summed E-state index contributed by atoms with van der Waals surface area (Å²) < 4.78 is 2.65.